The van der Waals surface area contributed by atoms with Gasteiger partial charge in [-0.05, 0) is 63.1 Å². The summed E-state index contributed by atoms with van der Waals surface area (Å²) in [7, 11) is -3.42. The van der Waals surface area contributed by atoms with Crippen molar-refractivity contribution in [3.05, 3.63) is 47.6 Å². The summed E-state index contributed by atoms with van der Waals surface area (Å²) in [6.07, 6.45) is 9.35. The lowest BCUT2D eigenvalue weighted by atomic mass is 9.91. The highest BCUT2D eigenvalue weighted by Crippen LogP contribution is 2.34. The predicted molar refractivity (Wildman–Crippen MR) is 137 cm³/mol. The van der Waals surface area contributed by atoms with Crippen molar-refractivity contribution in [1.82, 2.24) is 19.3 Å². The summed E-state index contributed by atoms with van der Waals surface area (Å²) in [5.74, 6) is 0.563. The second-order valence-corrected chi connectivity index (χ2v) is 12.7. The number of benzene rings is 1. The number of likely N-dealkylation sites (tertiary alicyclic amines) is 1. The lowest BCUT2D eigenvalue weighted by Crippen LogP contribution is -2.41. The molecule has 0 amide bonds. The molecule has 2 aromatic rings. The van der Waals surface area contributed by atoms with Crippen LogP contribution in [-0.2, 0) is 16.6 Å². The lowest BCUT2D eigenvalue weighted by molar-refractivity contribution is 0.0790. The van der Waals surface area contributed by atoms with Gasteiger partial charge in [0.1, 0.15) is 0 Å². The Balaban J connectivity index is 1.21. The Kier molecular flexibility index (Phi) is 8.18. The molecule has 2 saturated heterocycles. The standard InChI is InChI=1S/C27H38N4O4S/c32-25(23-14-17-30(18-15-23)19-21-9-3-1-4-10-21)27-28-26(29-35-27)24-13-7-8-16-31(24)36(33,34)20-22-11-5-2-6-12-22/h1,3-4,9-10,22-24H,2,5-8,11-20H2/t24-/m0/s1. The molecule has 1 saturated carbocycles. The molecule has 8 nitrogen and oxygen atoms in total. The first-order valence-electron chi connectivity index (χ1n) is 13.6. The molecule has 9 heteroatoms. The van der Waals surface area contributed by atoms with Crippen LogP contribution in [0.1, 0.15) is 92.3 Å². The van der Waals surface area contributed by atoms with Gasteiger partial charge in [0.2, 0.25) is 15.8 Å². The fraction of sp³-hybridized carbons (Fsp3) is 0.667. The van der Waals surface area contributed by atoms with Gasteiger partial charge in [0.15, 0.2) is 5.82 Å². The molecule has 2 aliphatic heterocycles. The number of hydrogen-bond acceptors (Lipinski definition) is 7. The van der Waals surface area contributed by atoms with Crippen LogP contribution >= 0.6 is 0 Å². The molecule has 1 aliphatic carbocycles. The zero-order chi connectivity index (χ0) is 25.0. The van der Waals surface area contributed by atoms with Gasteiger partial charge in [-0.25, -0.2) is 8.42 Å². The van der Waals surface area contributed by atoms with Gasteiger partial charge in [0.25, 0.3) is 5.89 Å². The van der Waals surface area contributed by atoms with Crippen molar-refractivity contribution in [2.24, 2.45) is 11.8 Å². The summed E-state index contributed by atoms with van der Waals surface area (Å²) < 4.78 is 33.7. The highest BCUT2D eigenvalue weighted by Gasteiger charge is 2.38. The topological polar surface area (TPSA) is 96.6 Å². The Labute approximate surface area is 214 Å². The molecule has 3 heterocycles. The van der Waals surface area contributed by atoms with Crippen molar-refractivity contribution in [1.29, 1.82) is 0 Å². The van der Waals surface area contributed by atoms with Crippen LogP contribution in [0.5, 0.6) is 0 Å². The molecule has 0 N–H and O–H groups in total. The van der Waals surface area contributed by atoms with Crippen LogP contribution in [0.25, 0.3) is 0 Å². The smallest absolute Gasteiger partial charge is 0.294 e. The molecule has 1 aromatic heterocycles. The number of carbonyl (C=O) groups excluding carboxylic acids is 1. The number of hydrogen-bond donors (Lipinski definition) is 0. The average molecular weight is 515 g/mol. The molecule has 0 bridgehead atoms. The van der Waals surface area contributed by atoms with Gasteiger partial charge in [-0.15, -0.1) is 0 Å². The maximum Gasteiger partial charge on any atom is 0.294 e. The summed E-state index contributed by atoms with van der Waals surface area (Å²) >= 11 is 0. The van der Waals surface area contributed by atoms with E-state index in [0.29, 0.717) is 18.8 Å². The van der Waals surface area contributed by atoms with E-state index < -0.39 is 16.1 Å². The number of carbonyl (C=O) groups is 1. The predicted octanol–water partition coefficient (Wildman–Crippen LogP) is 4.60. The molecule has 36 heavy (non-hydrogen) atoms. The van der Waals surface area contributed by atoms with Crippen molar-refractivity contribution >= 4 is 15.8 Å². The van der Waals surface area contributed by atoms with E-state index >= 15 is 0 Å². The molecule has 0 spiro atoms. The summed E-state index contributed by atoms with van der Waals surface area (Å²) in [5.41, 5.74) is 1.28. The van der Waals surface area contributed by atoms with Crippen LogP contribution in [0.3, 0.4) is 0 Å². The third-order valence-corrected chi connectivity index (χ3v) is 10.2. The van der Waals surface area contributed by atoms with Crippen molar-refractivity contribution < 1.29 is 17.7 Å². The molecule has 0 unspecified atom stereocenters. The van der Waals surface area contributed by atoms with Crippen LogP contribution in [0.4, 0.5) is 0 Å². The van der Waals surface area contributed by atoms with Crippen LogP contribution < -0.4 is 0 Å². The van der Waals surface area contributed by atoms with Gasteiger partial charge in [0.05, 0.1) is 11.8 Å². The monoisotopic (exact) mass is 514 g/mol. The highest BCUT2D eigenvalue weighted by molar-refractivity contribution is 7.89. The SMILES string of the molecule is O=C(c1nc([C@@H]2CCCCN2S(=O)(=O)CC2CCCCC2)no1)C1CCN(Cc2ccccc2)CC1. The average Bonchev–Trinajstić information content (AvgIpc) is 3.40. The maximum absolute atomic E-state index is 13.4. The van der Waals surface area contributed by atoms with Gasteiger partial charge in [-0.2, -0.15) is 9.29 Å². The van der Waals surface area contributed by atoms with Crippen LogP contribution in [0.15, 0.2) is 34.9 Å². The number of Topliss-reactive ketones (excluding diaryl/α,β-unsaturated/α-hetero) is 1. The third kappa shape index (κ3) is 6.06. The zero-order valence-electron chi connectivity index (χ0n) is 21.1. The third-order valence-electron chi connectivity index (χ3n) is 8.14. The molecule has 0 radical (unpaired) electrons. The lowest BCUT2D eigenvalue weighted by Gasteiger charge is -2.34. The fourth-order valence-corrected chi connectivity index (χ4v) is 8.20. The minimum Gasteiger partial charge on any atom is -0.331 e. The first-order valence-corrected chi connectivity index (χ1v) is 15.2. The van der Waals surface area contributed by atoms with E-state index in [1.807, 2.05) is 18.2 Å². The molecule has 3 fully saturated rings. The summed E-state index contributed by atoms with van der Waals surface area (Å²) in [6, 6.07) is 9.93. The Morgan fingerprint density at radius 3 is 2.39 bits per heavy atom. The van der Waals surface area contributed by atoms with E-state index in [0.717, 1.165) is 71.0 Å². The quantitative estimate of drug-likeness (QED) is 0.475. The Morgan fingerprint density at radius 1 is 0.917 bits per heavy atom. The van der Waals surface area contributed by atoms with E-state index in [9.17, 15) is 13.2 Å². The van der Waals surface area contributed by atoms with Crippen molar-refractivity contribution in [2.75, 3.05) is 25.4 Å². The molecular weight excluding hydrogens is 476 g/mol. The molecule has 196 valence electrons. The number of aromatic nitrogens is 2. The first-order chi connectivity index (χ1) is 17.5. The molecule has 5 rings (SSSR count). The maximum atomic E-state index is 13.4. The van der Waals surface area contributed by atoms with Gasteiger partial charge in [0, 0.05) is 19.0 Å². The van der Waals surface area contributed by atoms with E-state index in [1.54, 1.807) is 4.31 Å². The van der Waals surface area contributed by atoms with E-state index in [1.165, 1.54) is 12.0 Å². The Morgan fingerprint density at radius 2 is 1.64 bits per heavy atom. The summed E-state index contributed by atoms with van der Waals surface area (Å²) in [6.45, 7) is 3.07. The van der Waals surface area contributed by atoms with Crippen molar-refractivity contribution in [2.45, 2.75) is 76.8 Å². The molecular formula is C27H38N4O4S. The van der Waals surface area contributed by atoms with E-state index in [4.69, 9.17) is 4.52 Å². The number of nitrogens with zero attached hydrogens (tertiary/aromatic N) is 4. The highest BCUT2D eigenvalue weighted by atomic mass is 32.2. The van der Waals surface area contributed by atoms with Crippen molar-refractivity contribution in [3.63, 3.8) is 0 Å². The Hall–Kier alpha value is -2.10. The number of sulfonamides is 1. The van der Waals surface area contributed by atoms with Gasteiger partial charge in [-0.3, -0.25) is 9.69 Å². The number of piperidine rings is 2. The first kappa shape index (κ1) is 25.5. The minimum atomic E-state index is -3.42. The Bertz CT molecular complexity index is 1110. The van der Waals surface area contributed by atoms with Crippen LogP contribution in [-0.4, -0.2) is 58.9 Å². The second kappa shape index (κ2) is 11.5. The normalized spacial score (nSPS) is 23.6. The zero-order valence-corrected chi connectivity index (χ0v) is 21.9. The van der Waals surface area contributed by atoms with Crippen LogP contribution in [0, 0.1) is 11.8 Å². The minimum absolute atomic E-state index is 0.0294. The fourth-order valence-electron chi connectivity index (χ4n) is 6.08. The van der Waals surface area contributed by atoms with Crippen LogP contribution in [0.2, 0.25) is 0 Å². The van der Waals surface area contributed by atoms with Gasteiger partial charge >= 0.3 is 0 Å². The second-order valence-electron chi connectivity index (χ2n) is 10.8. The number of rotatable bonds is 8. The van der Waals surface area contributed by atoms with E-state index in [2.05, 4.69) is 27.2 Å². The summed E-state index contributed by atoms with van der Waals surface area (Å²) in [5, 5.41) is 4.11. The van der Waals surface area contributed by atoms with Crippen molar-refractivity contribution in [3.8, 4) is 0 Å². The number of ketones is 1. The molecule has 3 aliphatic rings. The molecule has 1 atom stereocenters. The van der Waals surface area contributed by atoms with Gasteiger partial charge < -0.3 is 4.52 Å². The van der Waals surface area contributed by atoms with E-state index in [-0.39, 0.29) is 29.3 Å². The molecule has 1 aromatic carbocycles. The largest absolute Gasteiger partial charge is 0.331 e. The van der Waals surface area contributed by atoms with Gasteiger partial charge in [-0.1, -0.05) is 61.2 Å². The summed E-state index contributed by atoms with van der Waals surface area (Å²) in [4.78, 5) is 20.0.